The lowest BCUT2D eigenvalue weighted by Crippen LogP contribution is -2.23. The Balaban J connectivity index is 1.91. The van der Waals surface area contributed by atoms with Gasteiger partial charge in [0.25, 0.3) is 0 Å². The van der Waals surface area contributed by atoms with Crippen LogP contribution in [0.2, 0.25) is 0 Å². The Bertz CT molecular complexity index is 899. The average Bonchev–Trinajstić information content (AvgIpc) is 2.62. The van der Waals surface area contributed by atoms with Gasteiger partial charge >= 0.3 is 6.18 Å². The Labute approximate surface area is 147 Å². The molecule has 1 unspecified atom stereocenters. The van der Waals surface area contributed by atoms with Crippen LogP contribution in [0.4, 0.5) is 18.9 Å². The van der Waals surface area contributed by atoms with Crippen LogP contribution in [-0.2, 0) is 15.7 Å². The Morgan fingerprint density at radius 2 is 1.85 bits per heavy atom. The number of ether oxygens (including phenoxy) is 1. The lowest BCUT2D eigenvalue weighted by Gasteiger charge is -2.26. The van der Waals surface area contributed by atoms with Crippen LogP contribution < -0.4 is 5.32 Å². The van der Waals surface area contributed by atoms with Gasteiger partial charge in [-0.25, -0.2) is 0 Å². The second kappa shape index (κ2) is 6.92. The number of nitriles is 1. The predicted octanol–water partition coefficient (Wildman–Crippen LogP) is 4.58. The van der Waals surface area contributed by atoms with E-state index in [1.165, 1.54) is 12.1 Å². The zero-order valence-corrected chi connectivity index (χ0v) is 13.4. The molecule has 132 valence electrons. The number of anilines is 1. The van der Waals surface area contributed by atoms with Crippen LogP contribution in [0.3, 0.4) is 0 Å². The smallest absolute Gasteiger partial charge is 0.416 e. The maximum absolute atomic E-state index is 12.9. The number of allylic oxidation sites excluding steroid dienone is 1. The van der Waals surface area contributed by atoms with Crippen molar-refractivity contribution < 1.29 is 22.7 Å². The molecule has 0 aliphatic carbocycles. The molecule has 0 radical (unpaired) electrons. The van der Waals surface area contributed by atoms with Crippen molar-refractivity contribution in [3.8, 4) is 6.07 Å². The number of halogens is 3. The van der Waals surface area contributed by atoms with Crippen molar-refractivity contribution in [3.05, 3.63) is 77.2 Å². The van der Waals surface area contributed by atoms with Crippen LogP contribution in [0.15, 0.2) is 66.1 Å². The van der Waals surface area contributed by atoms with E-state index < -0.39 is 23.6 Å². The molecule has 1 heterocycles. The summed E-state index contributed by atoms with van der Waals surface area (Å²) in [5.41, 5.74) is -0.275. The second-order valence-corrected chi connectivity index (χ2v) is 5.66. The number of Topliss-reactive ketones (excluding diaryl/α,β-unsaturated/α-hetero) is 1. The van der Waals surface area contributed by atoms with Crippen molar-refractivity contribution in [2.45, 2.75) is 18.7 Å². The number of alkyl halides is 3. The third-order valence-electron chi connectivity index (χ3n) is 3.87. The summed E-state index contributed by atoms with van der Waals surface area (Å²) >= 11 is 0. The zero-order chi connectivity index (χ0) is 18.7. The molecular weight excluding hydrogens is 345 g/mol. The summed E-state index contributed by atoms with van der Waals surface area (Å²) in [6.07, 6.45) is -5.13. The number of benzene rings is 2. The third-order valence-corrected chi connectivity index (χ3v) is 3.87. The first-order valence-electron chi connectivity index (χ1n) is 7.72. The monoisotopic (exact) mass is 358 g/mol. The van der Waals surface area contributed by atoms with E-state index in [9.17, 15) is 23.2 Å². The van der Waals surface area contributed by atoms with E-state index in [0.29, 0.717) is 0 Å². The van der Waals surface area contributed by atoms with Gasteiger partial charge < -0.3 is 10.1 Å². The van der Waals surface area contributed by atoms with Crippen LogP contribution in [-0.4, -0.2) is 5.78 Å². The molecule has 4 nitrogen and oxygen atoms in total. The fourth-order valence-corrected chi connectivity index (χ4v) is 2.60. The molecule has 1 aliphatic rings. The first-order chi connectivity index (χ1) is 12.4. The van der Waals surface area contributed by atoms with Gasteiger partial charge in [-0.1, -0.05) is 36.4 Å². The minimum absolute atomic E-state index is 0.0132. The highest BCUT2D eigenvalue weighted by Gasteiger charge is 2.32. The molecule has 0 aromatic heterocycles. The summed E-state index contributed by atoms with van der Waals surface area (Å²) in [7, 11) is 0. The minimum atomic E-state index is -4.50. The Hall–Kier alpha value is -3.27. The minimum Gasteiger partial charge on any atom is -0.469 e. The molecule has 0 amide bonds. The predicted molar refractivity (Wildman–Crippen MR) is 87.6 cm³/mol. The Kier molecular flexibility index (Phi) is 4.67. The van der Waals surface area contributed by atoms with Gasteiger partial charge in [-0.15, -0.1) is 0 Å². The summed E-state index contributed by atoms with van der Waals surface area (Å²) in [6.45, 7) is 0. The van der Waals surface area contributed by atoms with Crippen LogP contribution in [0.5, 0.6) is 0 Å². The van der Waals surface area contributed by atoms with Crippen LogP contribution >= 0.6 is 0 Å². The number of hydrogen-bond acceptors (Lipinski definition) is 4. The van der Waals surface area contributed by atoms with Crippen molar-refractivity contribution in [2.75, 3.05) is 5.32 Å². The van der Waals surface area contributed by atoms with Crippen LogP contribution in [0.1, 0.15) is 23.7 Å². The molecule has 0 saturated carbocycles. The maximum Gasteiger partial charge on any atom is 0.416 e. The van der Waals surface area contributed by atoms with Crippen molar-refractivity contribution in [2.24, 2.45) is 0 Å². The van der Waals surface area contributed by atoms with Gasteiger partial charge in [0.15, 0.2) is 11.4 Å². The maximum atomic E-state index is 12.9. The quantitative estimate of drug-likeness (QED) is 0.872. The lowest BCUT2D eigenvalue weighted by atomic mass is 9.98. The van der Waals surface area contributed by atoms with Gasteiger partial charge in [0, 0.05) is 5.69 Å². The van der Waals surface area contributed by atoms with Gasteiger partial charge in [-0.05, 0) is 23.8 Å². The second-order valence-electron chi connectivity index (χ2n) is 5.66. The van der Waals surface area contributed by atoms with E-state index in [1.807, 2.05) is 6.07 Å². The van der Waals surface area contributed by atoms with Gasteiger partial charge in [-0.3, -0.25) is 4.79 Å². The van der Waals surface area contributed by atoms with E-state index >= 15 is 0 Å². The topological polar surface area (TPSA) is 62.1 Å². The van der Waals surface area contributed by atoms with Crippen molar-refractivity contribution in [1.82, 2.24) is 0 Å². The van der Waals surface area contributed by atoms with Gasteiger partial charge in [-0.2, -0.15) is 18.4 Å². The van der Waals surface area contributed by atoms with Crippen LogP contribution in [0, 0.1) is 11.3 Å². The Morgan fingerprint density at radius 3 is 2.50 bits per heavy atom. The molecule has 2 aromatic carbocycles. The molecule has 0 saturated heterocycles. The number of rotatable bonds is 3. The number of carbonyl (C=O) groups excluding carboxylic acids is 1. The summed E-state index contributed by atoms with van der Waals surface area (Å²) in [6, 6.07) is 15.2. The van der Waals surface area contributed by atoms with Gasteiger partial charge in [0.1, 0.15) is 12.2 Å². The highest BCUT2D eigenvalue weighted by atomic mass is 19.4. The standard InChI is InChI=1S/C19H13F3N2O2/c20-19(21,22)13-7-4-8-14(9-13)24-18-15(11-23)16(25)10-17(26-18)12-5-2-1-3-6-12/h1-9,17,24H,10H2. The highest BCUT2D eigenvalue weighted by molar-refractivity contribution is 6.01. The fraction of sp³-hybridized carbons (Fsp3) is 0.158. The molecule has 0 spiro atoms. The van der Waals surface area contributed by atoms with E-state index in [4.69, 9.17) is 4.74 Å². The van der Waals surface area contributed by atoms with Gasteiger partial charge in [0.05, 0.1) is 12.0 Å². The average molecular weight is 358 g/mol. The van der Waals surface area contributed by atoms with E-state index in [0.717, 1.165) is 17.7 Å². The number of carbonyl (C=O) groups is 1. The summed E-state index contributed by atoms with van der Waals surface area (Å²) < 4.78 is 44.3. The Morgan fingerprint density at radius 1 is 1.12 bits per heavy atom. The molecule has 7 heteroatoms. The molecule has 26 heavy (non-hydrogen) atoms. The normalized spacial score (nSPS) is 17.5. The van der Waals surface area contributed by atoms with E-state index in [-0.39, 0.29) is 23.6 Å². The number of ketones is 1. The molecule has 0 fully saturated rings. The molecule has 0 bridgehead atoms. The van der Waals surface area contributed by atoms with Crippen molar-refractivity contribution >= 4 is 11.5 Å². The third kappa shape index (κ3) is 3.70. The molecule has 1 N–H and O–H groups in total. The largest absolute Gasteiger partial charge is 0.469 e. The fourth-order valence-electron chi connectivity index (χ4n) is 2.60. The first kappa shape index (κ1) is 17.5. The molecule has 1 aliphatic heterocycles. The number of nitrogens with zero attached hydrogens (tertiary/aromatic N) is 1. The summed E-state index contributed by atoms with van der Waals surface area (Å²) in [5, 5.41) is 11.9. The van der Waals surface area contributed by atoms with E-state index in [1.54, 1.807) is 30.3 Å². The molecule has 2 aromatic rings. The highest BCUT2D eigenvalue weighted by Crippen LogP contribution is 2.34. The first-order valence-corrected chi connectivity index (χ1v) is 7.72. The number of hydrogen-bond donors (Lipinski definition) is 1. The van der Waals surface area contributed by atoms with Crippen LogP contribution in [0.25, 0.3) is 0 Å². The zero-order valence-electron chi connectivity index (χ0n) is 13.4. The van der Waals surface area contributed by atoms with Crippen molar-refractivity contribution in [3.63, 3.8) is 0 Å². The van der Waals surface area contributed by atoms with Crippen molar-refractivity contribution in [1.29, 1.82) is 5.26 Å². The lowest BCUT2D eigenvalue weighted by molar-refractivity contribution is -0.137. The summed E-state index contributed by atoms with van der Waals surface area (Å²) in [5.74, 6) is -0.570. The SMILES string of the molecule is N#CC1=C(Nc2cccc(C(F)(F)F)c2)OC(c2ccccc2)CC1=O. The summed E-state index contributed by atoms with van der Waals surface area (Å²) in [4.78, 5) is 12.3. The molecule has 3 rings (SSSR count). The molecular formula is C19H13F3N2O2. The molecule has 1 atom stereocenters. The number of nitrogens with one attached hydrogen (secondary N) is 1. The van der Waals surface area contributed by atoms with E-state index in [2.05, 4.69) is 5.32 Å². The van der Waals surface area contributed by atoms with Gasteiger partial charge in [0.2, 0.25) is 5.88 Å².